The zero-order chi connectivity index (χ0) is 15.7. The van der Waals surface area contributed by atoms with Crippen LogP contribution in [0.15, 0.2) is 17.4 Å². The maximum absolute atomic E-state index is 11.9. The van der Waals surface area contributed by atoms with Crippen LogP contribution in [0.5, 0.6) is 0 Å². The number of nitrogens with one attached hydrogen (secondary N) is 2. The number of rotatable bonds is 4. The average molecular weight is 323 g/mol. The zero-order valence-corrected chi connectivity index (χ0v) is 13.7. The van der Waals surface area contributed by atoms with Crippen molar-refractivity contribution in [2.75, 3.05) is 12.8 Å². The molecule has 0 amide bonds. The van der Waals surface area contributed by atoms with Crippen LogP contribution in [0.3, 0.4) is 0 Å². The predicted octanol–water partition coefficient (Wildman–Crippen LogP) is 1.57. The van der Waals surface area contributed by atoms with Crippen LogP contribution in [0, 0.1) is 6.92 Å². The third-order valence-corrected chi connectivity index (χ3v) is 5.39. The number of H-pyrrole nitrogens is 2. The van der Waals surface area contributed by atoms with Crippen LogP contribution in [0.4, 0.5) is 0 Å². The van der Waals surface area contributed by atoms with E-state index in [1.807, 2.05) is 6.92 Å². The van der Waals surface area contributed by atoms with Crippen molar-refractivity contribution >= 4 is 9.84 Å². The number of aryl methyl sites for hydroxylation is 1. The maximum atomic E-state index is 11.9. The second-order valence-electron chi connectivity index (χ2n) is 5.88. The normalized spacial score (nSPS) is 20.4. The lowest BCUT2D eigenvalue weighted by Gasteiger charge is -2.35. The maximum Gasteiger partial charge on any atom is 0.178 e. The van der Waals surface area contributed by atoms with Crippen LogP contribution >= 0.6 is 0 Å². The first-order chi connectivity index (χ1) is 10.5. The molecule has 0 bridgehead atoms. The first-order valence-corrected chi connectivity index (χ1v) is 9.32. The van der Waals surface area contributed by atoms with E-state index in [0.29, 0.717) is 17.1 Å². The molecule has 1 atom stereocenters. The minimum atomic E-state index is -3.28. The van der Waals surface area contributed by atoms with Crippen LogP contribution in [0.25, 0.3) is 0 Å². The Morgan fingerprint density at radius 3 is 2.91 bits per heavy atom. The summed E-state index contributed by atoms with van der Waals surface area (Å²) < 4.78 is 23.9. The summed E-state index contributed by atoms with van der Waals surface area (Å²) in [5, 5.41) is 6.87. The summed E-state index contributed by atoms with van der Waals surface area (Å²) in [6.45, 7) is 3.64. The van der Waals surface area contributed by atoms with Gasteiger partial charge in [-0.25, -0.2) is 13.4 Å². The van der Waals surface area contributed by atoms with Crippen molar-refractivity contribution in [3.63, 3.8) is 0 Å². The predicted molar refractivity (Wildman–Crippen MR) is 82.0 cm³/mol. The van der Waals surface area contributed by atoms with Crippen LogP contribution < -0.4 is 0 Å². The van der Waals surface area contributed by atoms with Crippen LogP contribution in [-0.2, 0) is 16.4 Å². The van der Waals surface area contributed by atoms with Gasteiger partial charge in [0, 0.05) is 18.5 Å². The molecule has 7 nitrogen and oxygen atoms in total. The number of likely N-dealkylation sites (tertiary alicyclic amines) is 1. The van der Waals surface area contributed by atoms with Gasteiger partial charge in [0.05, 0.1) is 30.0 Å². The molecule has 0 radical (unpaired) electrons. The van der Waals surface area contributed by atoms with Gasteiger partial charge >= 0.3 is 0 Å². The molecule has 2 aromatic heterocycles. The lowest BCUT2D eigenvalue weighted by Crippen LogP contribution is -2.34. The Morgan fingerprint density at radius 2 is 2.23 bits per heavy atom. The van der Waals surface area contributed by atoms with E-state index in [4.69, 9.17) is 0 Å². The molecule has 22 heavy (non-hydrogen) atoms. The first-order valence-electron chi connectivity index (χ1n) is 7.43. The summed E-state index contributed by atoms with van der Waals surface area (Å²) in [6.07, 6.45) is 7.46. The number of aromatic amines is 2. The van der Waals surface area contributed by atoms with Crippen molar-refractivity contribution in [2.24, 2.45) is 0 Å². The molecule has 1 aliphatic rings. The number of hydrogen-bond donors (Lipinski definition) is 2. The van der Waals surface area contributed by atoms with E-state index < -0.39 is 9.84 Å². The highest BCUT2D eigenvalue weighted by Crippen LogP contribution is 2.34. The van der Waals surface area contributed by atoms with Crippen molar-refractivity contribution < 1.29 is 8.42 Å². The summed E-state index contributed by atoms with van der Waals surface area (Å²) in [5.74, 6) is 0. The number of hydrogen-bond acceptors (Lipinski definition) is 5. The minimum absolute atomic E-state index is 0.0390. The van der Waals surface area contributed by atoms with E-state index in [9.17, 15) is 8.42 Å². The summed E-state index contributed by atoms with van der Waals surface area (Å²) in [6, 6.07) is 0.0390. The molecule has 1 fully saturated rings. The van der Waals surface area contributed by atoms with Gasteiger partial charge < -0.3 is 4.98 Å². The van der Waals surface area contributed by atoms with Crippen LogP contribution in [0.1, 0.15) is 42.4 Å². The van der Waals surface area contributed by atoms with E-state index in [1.54, 1.807) is 6.33 Å². The zero-order valence-electron chi connectivity index (χ0n) is 12.8. The molecule has 0 aromatic carbocycles. The molecular formula is C14H21N5O2S. The Balaban J connectivity index is 1.90. The molecule has 0 spiro atoms. The summed E-state index contributed by atoms with van der Waals surface area (Å²) in [4.78, 5) is 10.0. The number of piperidine rings is 1. The second-order valence-corrected chi connectivity index (χ2v) is 7.86. The van der Waals surface area contributed by atoms with Crippen molar-refractivity contribution in [1.82, 2.24) is 25.1 Å². The fraction of sp³-hybridized carbons (Fsp3) is 0.571. The molecule has 2 N–H and O–H groups in total. The smallest absolute Gasteiger partial charge is 0.178 e. The Bertz CT molecular complexity index is 749. The highest BCUT2D eigenvalue weighted by Gasteiger charge is 2.30. The molecule has 8 heteroatoms. The summed E-state index contributed by atoms with van der Waals surface area (Å²) >= 11 is 0. The molecule has 1 saturated heterocycles. The molecule has 0 saturated carbocycles. The molecule has 0 unspecified atom stereocenters. The fourth-order valence-electron chi connectivity index (χ4n) is 3.07. The molecule has 3 rings (SSSR count). The monoisotopic (exact) mass is 323 g/mol. The topological polar surface area (TPSA) is 94.7 Å². The van der Waals surface area contributed by atoms with Crippen molar-refractivity contribution in [2.45, 2.75) is 43.7 Å². The third-order valence-electron chi connectivity index (χ3n) is 4.27. The minimum Gasteiger partial charge on any atom is -0.348 e. The Labute approximate surface area is 130 Å². The summed E-state index contributed by atoms with van der Waals surface area (Å²) in [5.41, 5.74) is 2.76. The Hall–Kier alpha value is -1.67. The van der Waals surface area contributed by atoms with Crippen LogP contribution in [0.2, 0.25) is 0 Å². The first kappa shape index (κ1) is 15.2. The Morgan fingerprint density at radius 1 is 1.41 bits per heavy atom. The number of imidazole rings is 1. The quantitative estimate of drug-likeness (QED) is 0.890. The van der Waals surface area contributed by atoms with E-state index in [2.05, 4.69) is 25.1 Å². The average Bonchev–Trinajstić information content (AvgIpc) is 3.09. The van der Waals surface area contributed by atoms with Crippen molar-refractivity contribution in [3.8, 4) is 0 Å². The van der Waals surface area contributed by atoms with Gasteiger partial charge in [-0.2, -0.15) is 5.10 Å². The van der Waals surface area contributed by atoms with E-state index in [0.717, 1.165) is 37.2 Å². The van der Waals surface area contributed by atoms with Gasteiger partial charge in [0.2, 0.25) is 0 Å². The lowest BCUT2D eigenvalue weighted by molar-refractivity contribution is 0.133. The van der Waals surface area contributed by atoms with Gasteiger partial charge in [-0.1, -0.05) is 6.42 Å². The van der Waals surface area contributed by atoms with Crippen molar-refractivity contribution in [1.29, 1.82) is 0 Å². The Kier molecular flexibility index (Phi) is 4.05. The van der Waals surface area contributed by atoms with Crippen molar-refractivity contribution in [3.05, 3.63) is 29.6 Å². The van der Waals surface area contributed by atoms with Gasteiger partial charge in [-0.05, 0) is 26.3 Å². The van der Waals surface area contributed by atoms with Gasteiger partial charge in [-0.3, -0.25) is 10.00 Å². The third kappa shape index (κ3) is 2.93. The molecular weight excluding hydrogens is 302 g/mol. The highest BCUT2D eigenvalue weighted by molar-refractivity contribution is 7.90. The fourth-order valence-corrected chi connectivity index (χ4v) is 3.89. The van der Waals surface area contributed by atoms with Gasteiger partial charge in [-0.15, -0.1) is 0 Å². The van der Waals surface area contributed by atoms with Gasteiger partial charge in [0.25, 0.3) is 0 Å². The number of nitrogens with zero attached hydrogens (tertiary/aromatic N) is 3. The van der Waals surface area contributed by atoms with Gasteiger partial charge in [0.1, 0.15) is 4.90 Å². The largest absolute Gasteiger partial charge is 0.348 e. The second kappa shape index (κ2) is 5.85. The molecule has 0 aliphatic carbocycles. The number of aromatic nitrogens is 4. The van der Waals surface area contributed by atoms with E-state index in [1.165, 1.54) is 12.5 Å². The SMILES string of the molecule is Cc1[nH]cnc1CN1CCCC[C@H]1c1[nH]ncc1S(C)(=O)=O. The van der Waals surface area contributed by atoms with Crippen LogP contribution in [-0.4, -0.2) is 46.3 Å². The number of sulfone groups is 1. The van der Waals surface area contributed by atoms with E-state index in [-0.39, 0.29) is 6.04 Å². The highest BCUT2D eigenvalue weighted by atomic mass is 32.2. The molecule has 120 valence electrons. The lowest BCUT2D eigenvalue weighted by atomic mass is 9.99. The van der Waals surface area contributed by atoms with Gasteiger partial charge in [0.15, 0.2) is 9.84 Å². The standard InChI is InChI=1S/C14H21N5O2S/c1-10-11(16-9-15-10)8-19-6-4-3-5-12(19)14-13(7-17-18-14)22(2,20)21/h7,9,12H,3-6,8H2,1-2H3,(H,15,16)(H,17,18)/t12-/m0/s1. The molecule has 2 aromatic rings. The summed E-state index contributed by atoms with van der Waals surface area (Å²) in [7, 11) is -3.28. The molecule has 3 heterocycles. The van der Waals surface area contributed by atoms with E-state index >= 15 is 0 Å². The molecule has 1 aliphatic heterocycles.